The molecule has 6 aromatic rings. The van der Waals surface area contributed by atoms with E-state index in [1.165, 1.54) is 49.7 Å². The van der Waals surface area contributed by atoms with Crippen LogP contribution < -0.4 is 4.74 Å². The average Bonchev–Trinajstić information content (AvgIpc) is 3.27. The number of ether oxygens (including phenoxy) is 1. The Kier molecular flexibility index (Phi) is 3.83. The molecule has 170 valence electrons. The zero-order valence-electron chi connectivity index (χ0n) is 19.9. The number of benzene rings is 5. The summed E-state index contributed by atoms with van der Waals surface area (Å²) in [6.07, 6.45) is 4.20. The molecule has 0 saturated heterocycles. The van der Waals surface area contributed by atoms with Crippen LogP contribution in [-0.4, -0.2) is 4.57 Å². The average molecular weight is 462 g/mol. The maximum Gasteiger partial charge on any atom is 0.132 e. The molecule has 2 aliphatic heterocycles. The van der Waals surface area contributed by atoms with Gasteiger partial charge < -0.3 is 9.30 Å². The number of hydrogen-bond acceptors (Lipinski definition) is 1. The van der Waals surface area contributed by atoms with Gasteiger partial charge in [0.1, 0.15) is 11.5 Å². The molecular formula is C34H23NO. The van der Waals surface area contributed by atoms with Crippen molar-refractivity contribution >= 4 is 27.9 Å². The van der Waals surface area contributed by atoms with Gasteiger partial charge in [-0.2, -0.15) is 0 Å². The summed E-state index contributed by atoms with van der Waals surface area (Å²) in [5.74, 6) is 1.83. The van der Waals surface area contributed by atoms with Crippen LogP contribution in [0.3, 0.4) is 0 Å². The Labute approximate surface area is 209 Å². The molecule has 2 heteroatoms. The first-order valence-electron chi connectivity index (χ1n) is 12.5. The largest absolute Gasteiger partial charge is 0.457 e. The molecule has 0 saturated carbocycles. The monoisotopic (exact) mass is 461 g/mol. The fourth-order valence-corrected chi connectivity index (χ4v) is 6.64. The van der Waals surface area contributed by atoms with Crippen LogP contribution >= 0.6 is 0 Å². The molecule has 2 nitrogen and oxygen atoms in total. The molecule has 0 fully saturated rings. The molecular weight excluding hydrogens is 438 g/mol. The van der Waals surface area contributed by atoms with Gasteiger partial charge in [0.15, 0.2) is 0 Å². The number of allylic oxidation sites excluding steroid dienone is 1. The number of nitrogens with zero attached hydrogens (tertiary/aromatic N) is 1. The van der Waals surface area contributed by atoms with Crippen molar-refractivity contribution < 1.29 is 4.74 Å². The summed E-state index contributed by atoms with van der Waals surface area (Å²) in [5, 5.41) is 2.57. The second kappa shape index (κ2) is 6.99. The summed E-state index contributed by atoms with van der Waals surface area (Å²) in [5.41, 5.74) is 9.35. The Hall–Kier alpha value is -4.56. The maximum atomic E-state index is 6.61. The van der Waals surface area contributed by atoms with Crippen molar-refractivity contribution in [3.05, 3.63) is 143 Å². The van der Waals surface area contributed by atoms with Gasteiger partial charge in [-0.05, 0) is 47.9 Å². The SMILES string of the molecule is C/C=C/c1ccc2c(c1)Oc1ccccc1C21c2ccccc2-n2c3ccccc3c3cccc1c32. The number of rotatable bonds is 1. The summed E-state index contributed by atoms with van der Waals surface area (Å²) < 4.78 is 9.07. The molecule has 0 aliphatic carbocycles. The van der Waals surface area contributed by atoms with E-state index in [-0.39, 0.29) is 0 Å². The van der Waals surface area contributed by atoms with Crippen LogP contribution in [0.1, 0.15) is 34.7 Å². The third kappa shape index (κ3) is 2.27. The Morgan fingerprint density at radius 1 is 0.639 bits per heavy atom. The molecule has 0 N–H and O–H groups in total. The van der Waals surface area contributed by atoms with Gasteiger partial charge in [0.25, 0.3) is 0 Å². The molecule has 1 atom stereocenters. The summed E-state index contributed by atoms with van der Waals surface area (Å²) >= 11 is 0. The van der Waals surface area contributed by atoms with Crippen LogP contribution in [0.5, 0.6) is 11.5 Å². The zero-order chi connectivity index (χ0) is 23.9. The van der Waals surface area contributed by atoms with Gasteiger partial charge in [-0.25, -0.2) is 0 Å². The Morgan fingerprint density at radius 3 is 2.28 bits per heavy atom. The number of fused-ring (bicyclic) bond motifs is 11. The predicted molar refractivity (Wildman–Crippen MR) is 147 cm³/mol. The Bertz CT molecular complexity index is 1890. The third-order valence-electron chi connectivity index (χ3n) is 7.93. The standard InChI is InChI=1S/C34H23NO/c1-2-10-22-19-20-27-32(21-22)36-31-18-8-5-14-26(31)34(27)25-13-4-7-17-30(25)35-29-16-6-3-11-23(29)24-12-9-15-28(34)33(24)35/h2-21H,1H3/b10-2+. The van der Waals surface area contributed by atoms with Gasteiger partial charge in [-0.1, -0.05) is 97.1 Å². The van der Waals surface area contributed by atoms with E-state index in [0.717, 1.165) is 17.1 Å². The minimum absolute atomic E-state index is 0.487. The van der Waals surface area contributed by atoms with Gasteiger partial charge in [0, 0.05) is 21.9 Å². The van der Waals surface area contributed by atoms with E-state index in [1.54, 1.807) is 0 Å². The first-order chi connectivity index (χ1) is 17.8. The molecule has 0 radical (unpaired) electrons. The quantitative estimate of drug-likeness (QED) is 0.239. The molecule has 0 amide bonds. The van der Waals surface area contributed by atoms with Crippen LogP contribution in [0.4, 0.5) is 0 Å². The normalized spacial score (nSPS) is 17.2. The highest BCUT2D eigenvalue weighted by Gasteiger charge is 2.50. The van der Waals surface area contributed by atoms with Crippen LogP contribution in [0.25, 0.3) is 33.6 Å². The minimum Gasteiger partial charge on any atom is -0.457 e. The van der Waals surface area contributed by atoms with Crippen LogP contribution in [0.15, 0.2) is 115 Å². The maximum absolute atomic E-state index is 6.61. The molecule has 1 unspecified atom stereocenters. The topological polar surface area (TPSA) is 14.2 Å². The molecule has 5 aromatic carbocycles. The Balaban J connectivity index is 1.64. The highest BCUT2D eigenvalue weighted by atomic mass is 16.5. The second-order valence-corrected chi connectivity index (χ2v) is 9.68. The highest BCUT2D eigenvalue weighted by Crippen LogP contribution is 2.60. The first-order valence-corrected chi connectivity index (χ1v) is 12.5. The van der Waals surface area contributed by atoms with Crippen LogP contribution in [-0.2, 0) is 5.41 Å². The summed E-state index contributed by atoms with van der Waals surface area (Å²) in [6, 6.07) is 39.7. The summed E-state index contributed by atoms with van der Waals surface area (Å²) in [4.78, 5) is 0. The minimum atomic E-state index is -0.487. The predicted octanol–water partition coefficient (Wildman–Crippen LogP) is 8.62. The highest BCUT2D eigenvalue weighted by molar-refractivity contribution is 6.12. The molecule has 0 bridgehead atoms. The van der Waals surface area contributed by atoms with Gasteiger partial charge in [0.05, 0.1) is 22.1 Å². The van der Waals surface area contributed by atoms with Gasteiger partial charge in [-0.15, -0.1) is 0 Å². The molecule has 1 spiro atoms. The van der Waals surface area contributed by atoms with Gasteiger partial charge in [0.2, 0.25) is 0 Å². The van der Waals surface area contributed by atoms with Crippen molar-refractivity contribution in [2.45, 2.75) is 12.3 Å². The van der Waals surface area contributed by atoms with E-state index in [0.29, 0.717) is 0 Å². The first kappa shape index (κ1) is 19.7. The lowest BCUT2D eigenvalue weighted by Gasteiger charge is -2.45. The number of aromatic nitrogens is 1. The van der Waals surface area contributed by atoms with Crippen molar-refractivity contribution in [1.29, 1.82) is 0 Å². The Morgan fingerprint density at radius 2 is 1.36 bits per heavy atom. The molecule has 2 aliphatic rings. The lowest BCUT2D eigenvalue weighted by Crippen LogP contribution is -2.37. The molecule has 8 rings (SSSR count). The van der Waals surface area contributed by atoms with Crippen LogP contribution in [0.2, 0.25) is 0 Å². The zero-order valence-corrected chi connectivity index (χ0v) is 19.9. The van der Waals surface area contributed by atoms with Crippen LogP contribution in [0, 0.1) is 0 Å². The lowest BCUT2D eigenvalue weighted by molar-refractivity contribution is 0.434. The third-order valence-corrected chi connectivity index (χ3v) is 7.93. The summed E-state index contributed by atoms with van der Waals surface area (Å²) in [6.45, 7) is 2.05. The van der Waals surface area contributed by atoms with E-state index >= 15 is 0 Å². The van der Waals surface area contributed by atoms with E-state index in [4.69, 9.17) is 4.74 Å². The van der Waals surface area contributed by atoms with Gasteiger partial charge in [-0.3, -0.25) is 0 Å². The van der Waals surface area contributed by atoms with Crippen molar-refractivity contribution in [2.24, 2.45) is 0 Å². The fraction of sp³-hybridized carbons (Fsp3) is 0.0588. The fourth-order valence-electron chi connectivity index (χ4n) is 6.64. The lowest BCUT2D eigenvalue weighted by atomic mass is 9.61. The van der Waals surface area contributed by atoms with Crippen molar-refractivity contribution in [2.75, 3.05) is 0 Å². The molecule has 36 heavy (non-hydrogen) atoms. The van der Waals surface area contributed by atoms with E-state index in [2.05, 4.69) is 126 Å². The number of para-hydroxylation sites is 4. The van der Waals surface area contributed by atoms with E-state index in [1.807, 2.05) is 6.92 Å². The summed E-state index contributed by atoms with van der Waals surface area (Å²) in [7, 11) is 0. The van der Waals surface area contributed by atoms with Gasteiger partial charge >= 0.3 is 0 Å². The second-order valence-electron chi connectivity index (χ2n) is 9.68. The van der Waals surface area contributed by atoms with E-state index in [9.17, 15) is 0 Å². The van der Waals surface area contributed by atoms with Crippen molar-refractivity contribution in [3.63, 3.8) is 0 Å². The van der Waals surface area contributed by atoms with E-state index < -0.39 is 5.41 Å². The molecule has 1 aromatic heterocycles. The number of hydrogen-bond donors (Lipinski definition) is 0. The smallest absolute Gasteiger partial charge is 0.132 e. The van der Waals surface area contributed by atoms with Crippen molar-refractivity contribution in [3.8, 4) is 17.2 Å². The van der Waals surface area contributed by atoms with Crippen molar-refractivity contribution in [1.82, 2.24) is 4.57 Å². The molecule has 3 heterocycles.